The van der Waals surface area contributed by atoms with E-state index in [0.29, 0.717) is 5.56 Å². The molecule has 1 aromatic carbocycles. The van der Waals surface area contributed by atoms with Gasteiger partial charge in [0.25, 0.3) is 15.9 Å². The van der Waals surface area contributed by atoms with Crippen LogP contribution < -0.4 is 0 Å². The summed E-state index contributed by atoms with van der Waals surface area (Å²) in [7, 11) is 0.746. The molecule has 24 heavy (non-hydrogen) atoms. The van der Waals surface area contributed by atoms with Gasteiger partial charge in [0.2, 0.25) is 0 Å². The third kappa shape index (κ3) is 3.96. The van der Waals surface area contributed by atoms with E-state index in [1.165, 1.54) is 26.3 Å². The number of hydrogen-bond acceptors (Lipinski definition) is 4. The molecular weight excluding hydrogens is 328 g/mol. The lowest BCUT2D eigenvalue weighted by molar-refractivity contribution is -0.0258. The van der Waals surface area contributed by atoms with Crippen molar-refractivity contribution in [1.29, 1.82) is 0 Å². The monoisotopic (exact) mass is 354 g/mol. The van der Waals surface area contributed by atoms with Gasteiger partial charge in [-0.3, -0.25) is 9.63 Å². The van der Waals surface area contributed by atoms with Crippen LogP contribution in [-0.4, -0.2) is 50.9 Å². The molecule has 2 rings (SSSR count). The summed E-state index contributed by atoms with van der Waals surface area (Å²) in [6.45, 7) is 2.24. The fourth-order valence-electron chi connectivity index (χ4n) is 3.02. The summed E-state index contributed by atoms with van der Waals surface area (Å²) < 4.78 is 25.1. The van der Waals surface area contributed by atoms with E-state index in [0.717, 1.165) is 36.1 Å². The Morgan fingerprint density at radius 3 is 2.12 bits per heavy atom. The van der Waals surface area contributed by atoms with E-state index in [1.807, 2.05) is 7.05 Å². The maximum atomic E-state index is 12.6. The lowest BCUT2D eigenvalue weighted by Crippen LogP contribution is -2.39. The van der Waals surface area contributed by atoms with Crippen LogP contribution in [0.1, 0.15) is 43.0 Å². The molecule has 0 N–H and O–H groups in total. The third-order valence-electron chi connectivity index (χ3n) is 4.85. The van der Waals surface area contributed by atoms with Gasteiger partial charge >= 0.3 is 0 Å². The Bertz CT molecular complexity index is 664. The highest BCUT2D eigenvalue weighted by Gasteiger charge is 2.26. The quantitative estimate of drug-likeness (QED) is 0.762. The van der Waals surface area contributed by atoms with Gasteiger partial charge in [-0.05, 0) is 55.9 Å². The molecule has 1 aliphatic carbocycles. The molecule has 0 aliphatic heterocycles. The van der Waals surface area contributed by atoms with Gasteiger partial charge in [-0.15, -0.1) is 0 Å². The molecule has 1 aliphatic rings. The molecule has 1 saturated carbocycles. The van der Waals surface area contributed by atoms with Crippen LogP contribution in [0.15, 0.2) is 29.2 Å². The van der Waals surface area contributed by atoms with Crippen LogP contribution in [0.4, 0.5) is 0 Å². The SMILES string of the molecule is CON(C)S(=O)(=O)c1ccc(C(=O)N(C)C2CCC(C)CC2)cc1. The van der Waals surface area contributed by atoms with Crippen molar-refractivity contribution in [3.8, 4) is 0 Å². The van der Waals surface area contributed by atoms with E-state index in [2.05, 4.69) is 6.92 Å². The normalized spacial score (nSPS) is 21.7. The van der Waals surface area contributed by atoms with Crippen molar-refractivity contribution in [2.24, 2.45) is 5.92 Å². The highest BCUT2D eigenvalue weighted by Crippen LogP contribution is 2.27. The Morgan fingerprint density at radius 2 is 1.62 bits per heavy atom. The van der Waals surface area contributed by atoms with E-state index in [9.17, 15) is 13.2 Å². The summed E-state index contributed by atoms with van der Waals surface area (Å²) in [5, 5.41) is 0. The van der Waals surface area contributed by atoms with Crippen LogP contribution in [-0.2, 0) is 14.9 Å². The summed E-state index contributed by atoms with van der Waals surface area (Å²) in [5.41, 5.74) is 0.496. The fraction of sp³-hybridized carbons (Fsp3) is 0.588. The number of nitrogens with zero attached hydrogens (tertiary/aromatic N) is 2. The van der Waals surface area contributed by atoms with Crippen LogP contribution in [0.3, 0.4) is 0 Å². The van der Waals surface area contributed by atoms with E-state index < -0.39 is 10.0 Å². The second kappa shape index (κ2) is 7.63. The molecule has 0 atom stereocenters. The molecule has 1 fully saturated rings. The first-order valence-corrected chi connectivity index (χ1v) is 9.61. The van der Waals surface area contributed by atoms with Crippen molar-refractivity contribution in [1.82, 2.24) is 9.37 Å². The minimum absolute atomic E-state index is 0.0707. The summed E-state index contributed by atoms with van der Waals surface area (Å²) in [4.78, 5) is 19.2. The van der Waals surface area contributed by atoms with Crippen LogP contribution in [0, 0.1) is 5.92 Å². The standard InChI is InChI=1S/C17H26N2O4S/c1-13-5-9-15(10-6-13)18(2)17(20)14-7-11-16(12-8-14)24(21,22)19(3)23-4/h7-8,11-13,15H,5-6,9-10H2,1-4H3. The van der Waals surface area contributed by atoms with Gasteiger partial charge in [0.15, 0.2) is 0 Å². The van der Waals surface area contributed by atoms with Gasteiger partial charge in [-0.1, -0.05) is 11.4 Å². The molecule has 1 amide bonds. The largest absolute Gasteiger partial charge is 0.339 e. The molecular formula is C17H26N2O4S. The number of carbonyl (C=O) groups excluding carboxylic acids is 1. The van der Waals surface area contributed by atoms with Gasteiger partial charge in [0.1, 0.15) is 0 Å². The number of hydroxylamine groups is 1. The van der Waals surface area contributed by atoms with Crippen LogP contribution in [0.25, 0.3) is 0 Å². The Labute approximate surface area is 144 Å². The third-order valence-corrected chi connectivity index (χ3v) is 6.54. The van der Waals surface area contributed by atoms with Gasteiger partial charge in [-0.25, -0.2) is 8.42 Å². The molecule has 0 aromatic heterocycles. The average Bonchev–Trinajstić information content (AvgIpc) is 2.60. The van der Waals surface area contributed by atoms with Crippen molar-refractivity contribution >= 4 is 15.9 Å². The Kier molecular flexibility index (Phi) is 6.01. The minimum Gasteiger partial charge on any atom is -0.339 e. The fourth-order valence-corrected chi connectivity index (χ4v) is 3.99. The molecule has 6 nitrogen and oxygen atoms in total. The van der Waals surface area contributed by atoms with Gasteiger partial charge < -0.3 is 4.90 Å². The number of sulfonamides is 1. The van der Waals surface area contributed by atoms with Crippen molar-refractivity contribution in [3.63, 3.8) is 0 Å². The smallest absolute Gasteiger partial charge is 0.264 e. The molecule has 0 heterocycles. The zero-order chi connectivity index (χ0) is 17.9. The van der Waals surface area contributed by atoms with Gasteiger partial charge in [0.05, 0.1) is 12.0 Å². The van der Waals surface area contributed by atoms with Crippen molar-refractivity contribution in [3.05, 3.63) is 29.8 Å². The zero-order valence-corrected chi connectivity index (χ0v) is 15.5. The molecule has 0 saturated heterocycles. The summed E-state index contributed by atoms with van der Waals surface area (Å²) >= 11 is 0. The molecule has 0 bridgehead atoms. The predicted octanol–water partition coefficient (Wildman–Crippen LogP) is 2.52. The van der Waals surface area contributed by atoms with Crippen molar-refractivity contribution < 1.29 is 18.0 Å². The summed E-state index contributed by atoms with van der Waals surface area (Å²) in [6.07, 6.45) is 4.33. The van der Waals surface area contributed by atoms with E-state index in [4.69, 9.17) is 4.84 Å². The Hall–Kier alpha value is -1.44. The highest BCUT2D eigenvalue weighted by molar-refractivity contribution is 7.89. The molecule has 134 valence electrons. The summed E-state index contributed by atoms with van der Waals surface area (Å²) in [5.74, 6) is 0.658. The second-order valence-corrected chi connectivity index (χ2v) is 8.39. The Balaban J connectivity index is 2.11. The number of benzene rings is 1. The van der Waals surface area contributed by atoms with Crippen LogP contribution >= 0.6 is 0 Å². The molecule has 1 aromatic rings. The number of hydrogen-bond donors (Lipinski definition) is 0. The van der Waals surface area contributed by atoms with E-state index >= 15 is 0 Å². The van der Waals surface area contributed by atoms with Crippen LogP contribution in [0.5, 0.6) is 0 Å². The number of amides is 1. The second-order valence-electron chi connectivity index (χ2n) is 6.45. The average molecular weight is 354 g/mol. The molecule has 7 heteroatoms. The lowest BCUT2D eigenvalue weighted by Gasteiger charge is -2.33. The van der Waals surface area contributed by atoms with Gasteiger partial charge in [0, 0.05) is 25.7 Å². The first-order chi connectivity index (χ1) is 11.3. The summed E-state index contributed by atoms with van der Waals surface area (Å²) in [6, 6.07) is 6.25. The number of rotatable bonds is 5. The van der Waals surface area contributed by atoms with Gasteiger partial charge in [-0.2, -0.15) is 0 Å². The Morgan fingerprint density at radius 1 is 1.08 bits per heavy atom. The first kappa shape index (κ1) is 18.9. The maximum Gasteiger partial charge on any atom is 0.264 e. The predicted molar refractivity (Wildman–Crippen MR) is 91.9 cm³/mol. The van der Waals surface area contributed by atoms with Crippen LogP contribution in [0.2, 0.25) is 0 Å². The minimum atomic E-state index is -3.69. The maximum absolute atomic E-state index is 12.6. The first-order valence-electron chi connectivity index (χ1n) is 8.17. The van der Waals surface area contributed by atoms with Crippen molar-refractivity contribution in [2.75, 3.05) is 21.2 Å². The zero-order valence-electron chi connectivity index (χ0n) is 14.7. The number of carbonyl (C=O) groups is 1. The topological polar surface area (TPSA) is 66.9 Å². The molecule has 0 spiro atoms. The van der Waals surface area contributed by atoms with E-state index in [1.54, 1.807) is 17.0 Å². The van der Waals surface area contributed by atoms with E-state index in [-0.39, 0.29) is 16.8 Å². The lowest BCUT2D eigenvalue weighted by atomic mass is 9.86. The van der Waals surface area contributed by atoms with Crippen molar-refractivity contribution in [2.45, 2.75) is 43.5 Å². The molecule has 0 radical (unpaired) electrons. The molecule has 0 unspecified atom stereocenters. The highest BCUT2D eigenvalue weighted by atomic mass is 32.2.